The SMILES string of the molecule is Cc1ccnc(C=O)c1C. The molecule has 2 nitrogen and oxygen atoms in total. The van der Waals surface area contributed by atoms with Crippen LogP contribution in [0.3, 0.4) is 0 Å². The van der Waals surface area contributed by atoms with Crippen LogP contribution < -0.4 is 0 Å². The van der Waals surface area contributed by atoms with Gasteiger partial charge < -0.3 is 0 Å². The van der Waals surface area contributed by atoms with Gasteiger partial charge in [-0.15, -0.1) is 0 Å². The molecule has 0 N–H and O–H groups in total. The lowest BCUT2D eigenvalue weighted by molar-refractivity contribution is 0.111. The highest BCUT2D eigenvalue weighted by Gasteiger charge is 1.98. The van der Waals surface area contributed by atoms with Gasteiger partial charge >= 0.3 is 0 Å². The van der Waals surface area contributed by atoms with Crippen molar-refractivity contribution in [1.82, 2.24) is 4.98 Å². The van der Waals surface area contributed by atoms with Gasteiger partial charge in [0.25, 0.3) is 0 Å². The maximum Gasteiger partial charge on any atom is 0.168 e. The first-order valence-electron chi connectivity index (χ1n) is 3.13. The molecule has 0 saturated carbocycles. The molecule has 1 aromatic heterocycles. The molecule has 0 aromatic carbocycles. The zero-order chi connectivity index (χ0) is 7.56. The van der Waals surface area contributed by atoms with Crippen molar-refractivity contribution < 1.29 is 4.79 Å². The molecule has 1 aromatic rings. The molecule has 0 saturated heterocycles. The normalized spacial score (nSPS) is 9.40. The van der Waals surface area contributed by atoms with E-state index in [0.29, 0.717) is 5.69 Å². The number of carbonyl (C=O) groups excluding carboxylic acids is 1. The van der Waals surface area contributed by atoms with Gasteiger partial charge in [0, 0.05) is 6.20 Å². The summed E-state index contributed by atoms with van der Waals surface area (Å²) in [5.41, 5.74) is 2.62. The maximum absolute atomic E-state index is 10.3. The van der Waals surface area contributed by atoms with E-state index in [9.17, 15) is 4.79 Å². The first-order valence-corrected chi connectivity index (χ1v) is 3.13. The van der Waals surface area contributed by atoms with Crippen molar-refractivity contribution in [2.24, 2.45) is 0 Å². The van der Waals surface area contributed by atoms with E-state index in [1.807, 2.05) is 19.9 Å². The highest BCUT2D eigenvalue weighted by molar-refractivity contribution is 5.74. The van der Waals surface area contributed by atoms with Crippen LogP contribution in [0.15, 0.2) is 12.3 Å². The van der Waals surface area contributed by atoms with Crippen molar-refractivity contribution >= 4 is 6.29 Å². The molecule has 52 valence electrons. The van der Waals surface area contributed by atoms with E-state index in [4.69, 9.17) is 0 Å². The molecule has 0 radical (unpaired) electrons. The van der Waals surface area contributed by atoms with Crippen molar-refractivity contribution in [3.63, 3.8) is 0 Å². The van der Waals surface area contributed by atoms with Crippen molar-refractivity contribution in [1.29, 1.82) is 0 Å². The van der Waals surface area contributed by atoms with E-state index in [1.165, 1.54) is 0 Å². The number of rotatable bonds is 1. The van der Waals surface area contributed by atoms with Gasteiger partial charge in [-0.05, 0) is 31.0 Å². The summed E-state index contributed by atoms with van der Waals surface area (Å²) in [7, 11) is 0. The van der Waals surface area contributed by atoms with E-state index in [2.05, 4.69) is 4.98 Å². The molecule has 1 rings (SSSR count). The maximum atomic E-state index is 10.3. The fraction of sp³-hybridized carbons (Fsp3) is 0.250. The molecule has 0 unspecified atom stereocenters. The highest BCUT2D eigenvalue weighted by Crippen LogP contribution is 2.06. The van der Waals surface area contributed by atoms with E-state index in [0.717, 1.165) is 17.4 Å². The Morgan fingerprint density at radius 3 is 2.70 bits per heavy atom. The molecule has 0 aliphatic rings. The van der Waals surface area contributed by atoms with Gasteiger partial charge in [0.15, 0.2) is 6.29 Å². The lowest BCUT2D eigenvalue weighted by atomic mass is 10.1. The molecule has 1 heterocycles. The van der Waals surface area contributed by atoms with Gasteiger partial charge in [-0.25, -0.2) is 0 Å². The van der Waals surface area contributed by atoms with Crippen LogP contribution >= 0.6 is 0 Å². The van der Waals surface area contributed by atoms with Gasteiger partial charge in [0.05, 0.1) is 0 Å². The van der Waals surface area contributed by atoms with Crippen LogP contribution in [-0.4, -0.2) is 11.3 Å². The number of aldehydes is 1. The molecule has 0 fully saturated rings. The Kier molecular flexibility index (Phi) is 1.81. The molecule has 0 spiro atoms. The minimum atomic E-state index is 0.542. The molecule has 0 aliphatic carbocycles. The Labute approximate surface area is 59.9 Å². The Balaban J connectivity index is 3.27. The molecule has 0 atom stereocenters. The summed E-state index contributed by atoms with van der Waals surface area (Å²) < 4.78 is 0. The molecular formula is C8H9NO. The van der Waals surface area contributed by atoms with Gasteiger partial charge in [-0.1, -0.05) is 0 Å². The second-order valence-corrected chi connectivity index (χ2v) is 2.26. The smallest absolute Gasteiger partial charge is 0.168 e. The molecule has 0 amide bonds. The van der Waals surface area contributed by atoms with Crippen molar-refractivity contribution in [2.75, 3.05) is 0 Å². The van der Waals surface area contributed by atoms with Crippen molar-refractivity contribution in [3.8, 4) is 0 Å². The van der Waals surface area contributed by atoms with Crippen molar-refractivity contribution in [3.05, 3.63) is 29.1 Å². The van der Waals surface area contributed by atoms with Gasteiger partial charge in [0.1, 0.15) is 5.69 Å². The van der Waals surface area contributed by atoms with Crippen LogP contribution in [0.4, 0.5) is 0 Å². The Morgan fingerprint density at radius 1 is 1.50 bits per heavy atom. The van der Waals surface area contributed by atoms with E-state index < -0.39 is 0 Å². The first kappa shape index (κ1) is 6.93. The zero-order valence-electron chi connectivity index (χ0n) is 6.09. The summed E-state index contributed by atoms with van der Waals surface area (Å²) >= 11 is 0. The topological polar surface area (TPSA) is 30.0 Å². The third-order valence-corrected chi connectivity index (χ3v) is 1.63. The third kappa shape index (κ3) is 1.05. The standard InChI is InChI=1S/C8H9NO/c1-6-3-4-9-8(5-10)7(6)2/h3-5H,1-2H3. The monoisotopic (exact) mass is 135 g/mol. The van der Waals surface area contributed by atoms with Crippen LogP contribution in [0.2, 0.25) is 0 Å². The van der Waals surface area contributed by atoms with Crippen LogP contribution in [0, 0.1) is 13.8 Å². The largest absolute Gasteiger partial charge is 0.296 e. The summed E-state index contributed by atoms with van der Waals surface area (Å²) in [5, 5.41) is 0. The summed E-state index contributed by atoms with van der Waals surface area (Å²) in [4.78, 5) is 14.2. The summed E-state index contributed by atoms with van der Waals surface area (Å²) in [6.07, 6.45) is 2.42. The minimum Gasteiger partial charge on any atom is -0.296 e. The first-order chi connectivity index (χ1) is 4.75. The van der Waals surface area contributed by atoms with Crippen molar-refractivity contribution in [2.45, 2.75) is 13.8 Å². The number of pyridine rings is 1. The predicted octanol–water partition coefficient (Wildman–Crippen LogP) is 1.51. The fourth-order valence-corrected chi connectivity index (χ4v) is 0.772. The molecule has 0 aliphatic heterocycles. The summed E-state index contributed by atoms with van der Waals surface area (Å²) in [6.45, 7) is 3.86. The second-order valence-electron chi connectivity index (χ2n) is 2.26. The quantitative estimate of drug-likeness (QED) is 0.546. The van der Waals surface area contributed by atoms with Gasteiger partial charge in [-0.3, -0.25) is 9.78 Å². The number of hydrogen-bond acceptors (Lipinski definition) is 2. The number of aryl methyl sites for hydroxylation is 1. The fourth-order valence-electron chi connectivity index (χ4n) is 0.772. The molecule has 10 heavy (non-hydrogen) atoms. The Bertz CT molecular complexity index is 255. The molecule has 2 heteroatoms. The van der Waals surface area contributed by atoms with E-state index in [-0.39, 0.29) is 0 Å². The van der Waals surface area contributed by atoms with Gasteiger partial charge in [-0.2, -0.15) is 0 Å². The Morgan fingerprint density at radius 2 is 2.20 bits per heavy atom. The van der Waals surface area contributed by atoms with E-state index >= 15 is 0 Å². The molecular weight excluding hydrogens is 126 g/mol. The predicted molar refractivity (Wildman–Crippen MR) is 39.1 cm³/mol. The molecule has 0 bridgehead atoms. The lowest BCUT2D eigenvalue weighted by Crippen LogP contribution is -1.92. The highest BCUT2D eigenvalue weighted by atomic mass is 16.1. The second kappa shape index (κ2) is 2.60. The number of hydrogen-bond donors (Lipinski definition) is 0. The minimum absolute atomic E-state index is 0.542. The van der Waals surface area contributed by atoms with Crippen LogP contribution in [0.25, 0.3) is 0 Å². The van der Waals surface area contributed by atoms with Crippen LogP contribution in [0.5, 0.6) is 0 Å². The number of carbonyl (C=O) groups is 1. The number of aromatic nitrogens is 1. The summed E-state index contributed by atoms with van der Waals surface area (Å²) in [6, 6.07) is 1.89. The zero-order valence-corrected chi connectivity index (χ0v) is 6.09. The third-order valence-electron chi connectivity index (χ3n) is 1.63. The Hall–Kier alpha value is -1.18. The van der Waals surface area contributed by atoms with Crippen LogP contribution in [-0.2, 0) is 0 Å². The average molecular weight is 135 g/mol. The van der Waals surface area contributed by atoms with Crippen LogP contribution in [0.1, 0.15) is 21.6 Å². The summed E-state index contributed by atoms with van der Waals surface area (Å²) in [5.74, 6) is 0. The van der Waals surface area contributed by atoms with E-state index in [1.54, 1.807) is 6.20 Å². The van der Waals surface area contributed by atoms with Gasteiger partial charge in [0.2, 0.25) is 0 Å². The average Bonchev–Trinajstić information content (AvgIpc) is 1.95. The number of nitrogens with zero attached hydrogens (tertiary/aromatic N) is 1. The lowest BCUT2D eigenvalue weighted by Gasteiger charge is -1.98.